The highest BCUT2D eigenvalue weighted by Gasteiger charge is 2.22. The Kier molecular flexibility index (Phi) is 6.35. The molecule has 0 aliphatic heterocycles. The fraction of sp³-hybridized carbons (Fsp3) is 0.0909. The first kappa shape index (κ1) is 22.8. The number of nitrogens with zero attached hydrogens (tertiary/aromatic N) is 1. The fourth-order valence-corrected chi connectivity index (χ4v) is 6.46. The number of hydrogen-bond donors (Lipinski definition) is 0. The lowest BCUT2D eigenvalue weighted by molar-refractivity contribution is -0.116. The lowest BCUT2D eigenvalue weighted by atomic mass is 10.1. The summed E-state index contributed by atoms with van der Waals surface area (Å²) in [6.45, 7) is 0. The fourth-order valence-electron chi connectivity index (χ4n) is 3.28. The molecule has 164 valence electrons. The van der Waals surface area contributed by atoms with Gasteiger partial charge in [0.1, 0.15) is 15.8 Å². The molecule has 0 N–H and O–H groups in total. The Morgan fingerprint density at radius 3 is 2.56 bits per heavy atom. The molecule has 0 saturated heterocycles. The van der Waals surface area contributed by atoms with Crippen molar-refractivity contribution in [2.24, 2.45) is 0 Å². The van der Waals surface area contributed by atoms with E-state index in [0.29, 0.717) is 15.3 Å². The van der Waals surface area contributed by atoms with Crippen molar-refractivity contribution in [3.05, 3.63) is 91.3 Å². The van der Waals surface area contributed by atoms with Crippen molar-refractivity contribution in [1.29, 1.82) is 0 Å². The van der Waals surface area contributed by atoms with E-state index in [-0.39, 0.29) is 21.9 Å². The third kappa shape index (κ3) is 4.71. The lowest BCUT2D eigenvalue weighted by Crippen LogP contribution is -2.19. The molecule has 0 aliphatic carbocycles. The predicted octanol–water partition coefficient (Wildman–Crippen LogP) is 5.19. The molecule has 0 spiro atoms. The van der Waals surface area contributed by atoms with E-state index >= 15 is 0 Å². The van der Waals surface area contributed by atoms with E-state index in [2.05, 4.69) is 15.9 Å². The Morgan fingerprint density at radius 2 is 1.88 bits per heavy atom. The van der Waals surface area contributed by atoms with E-state index in [1.165, 1.54) is 35.0 Å². The quantitative estimate of drug-likeness (QED) is 0.329. The zero-order chi connectivity index (χ0) is 23.0. The minimum atomic E-state index is -3.81. The number of pyridine rings is 1. The predicted molar refractivity (Wildman–Crippen MR) is 127 cm³/mol. The molecule has 0 radical (unpaired) electrons. The molecule has 4 aromatic rings. The van der Waals surface area contributed by atoms with Crippen LogP contribution in [0.4, 0.5) is 4.39 Å². The molecular weight excluding hydrogens is 541 g/mol. The van der Waals surface area contributed by atoms with Crippen LogP contribution in [-0.4, -0.2) is 24.5 Å². The van der Waals surface area contributed by atoms with E-state index in [0.717, 1.165) is 27.3 Å². The first-order valence-corrected chi connectivity index (χ1v) is 12.9. The molecule has 0 unspecified atom stereocenters. The van der Waals surface area contributed by atoms with E-state index in [1.807, 2.05) is 6.07 Å². The van der Waals surface area contributed by atoms with Crippen LogP contribution in [0.5, 0.6) is 0 Å². The molecule has 0 saturated carbocycles. The summed E-state index contributed by atoms with van der Waals surface area (Å²) in [6.07, 6.45) is 1.23. The average Bonchev–Trinajstić information content (AvgIpc) is 3.16. The number of thiophene rings is 1. The smallest absolute Gasteiger partial charge is 0.263 e. The molecule has 2 aromatic carbocycles. The van der Waals surface area contributed by atoms with Gasteiger partial charge in [-0.3, -0.25) is 14.2 Å². The van der Waals surface area contributed by atoms with Crippen LogP contribution >= 0.6 is 38.9 Å². The monoisotopic (exact) mass is 553 g/mol. The number of carbonyl (C=O) groups excluding carboxylic acids is 1. The van der Waals surface area contributed by atoms with Gasteiger partial charge in [0.2, 0.25) is 0 Å². The number of fused-ring (bicyclic) bond motifs is 1. The lowest BCUT2D eigenvalue weighted by Gasteiger charge is -2.10. The van der Waals surface area contributed by atoms with Crippen molar-refractivity contribution < 1.29 is 17.6 Å². The number of Topliss-reactive ketones (excluding diaryl/α,β-unsaturated/α-hetero) is 1. The maximum Gasteiger partial charge on any atom is 0.263 e. The molecule has 0 bridgehead atoms. The number of carbonyl (C=O) groups is 1. The first-order chi connectivity index (χ1) is 15.1. The highest BCUT2D eigenvalue weighted by molar-refractivity contribution is 9.10. The Balaban J connectivity index is 1.58. The summed E-state index contributed by atoms with van der Waals surface area (Å²) >= 11 is 9.97. The van der Waals surface area contributed by atoms with E-state index in [9.17, 15) is 22.4 Å². The summed E-state index contributed by atoms with van der Waals surface area (Å²) in [4.78, 5) is 25.2. The molecule has 32 heavy (non-hydrogen) atoms. The van der Waals surface area contributed by atoms with Gasteiger partial charge in [-0.05, 0) is 53.4 Å². The van der Waals surface area contributed by atoms with Gasteiger partial charge in [0.15, 0.2) is 15.6 Å². The van der Waals surface area contributed by atoms with E-state index < -0.39 is 27.2 Å². The van der Waals surface area contributed by atoms with Gasteiger partial charge in [0, 0.05) is 22.5 Å². The average molecular weight is 555 g/mol. The molecule has 4 rings (SSSR count). The normalized spacial score (nSPS) is 11.7. The highest BCUT2D eigenvalue weighted by atomic mass is 79.9. The van der Waals surface area contributed by atoms with Gasteiger partial charge in [-0.15, -0.1) is 11.3 Å². The Labute approximate surface area is 200 Å². The topological polar surface area (TPSA) is 73.2 Å². The number of benzene rings is 2. The molecule has 10 heteroatoms. The van der Waals surface area contributed by atoms with Crippen LogP contribution < -0.4 is 5.56 Å². The Morgan fingerprint density at radius 1 is 1.09 bits per heavy atom. The second-order valence-electron chi connectivity index (χ2n) is 7.04. The van der Waals surface area contributed by atoms with Gasteiger partial charge in [-0.2, -0.15) is 0 Å². The van der Waals surface area contributed by atoms with Gasteiger partial charge in [-0.25, -0.2) is 12.8 Å². The third-order valence-corrected chi connectivity index (χ3v) is 8.73. The third-order valence-electron chi connectivity index (χ3n) is 4.75. The number of hydrogen-bond acceptors (Lipinski definition) is 5. The van der Waals surface area contributed by atoms with Crippen molar-refractivity contribution in [3.8, 4) is 5.69 Å². The first-order valence-electron chi connectivity index (χ1n) is 9.23. The van der Waals surface area contributed by atoms with Crippen LogP contribution in [-0.2, 0) is 21.1 Å². The van der Waals surface area contributed by atoms with E-state index in [4.69, 9.17) is 11.6 Å². The Hall–Kier alpha value is -2.33. The summed E-state index contributed by atoms with van der Waals surface area (Å²) in [5, 5.41) is 1.16. The molecular formula is C22H14BrClFNO4S2. The summed E-state index contributed by atoms with van der Waals surface area (Å²) in [5.41, 5.74) is -0.0339. The van der Waals surface area contributed by atoms with Crippen LogP contribution in [0, 0.1) is 5.82 Å². The summed E-state index contributed by atoms with van der Waals surface area (Å²) in [5.74, 6) is -1.97. The van der Waals surface area contributed by atoms with Gasteiger partial charge in [0.25, 0.3) is 5.56 Å². The van der Waals surface area contributed by atoms with Gasteiger partial charge in [-0.1, -0.05) is 39.7 Å². The molecule has 5 nitrogen and oxygen atoms in total. The summed E-state index contributed by atoms with van der Waals surface area (Å²) in [7, 11) is -3.81. The van der Waals surface area contributed by atoms with Gasteiger partial charge >= 0.3 is 0 Å². The van der Waals surface area contributed by atoms with Crippen LogP contribution in [0.25, 0.3) is 16.5 Å². The van der Waals surface area contributed by atoms with Crippen molar-refractivity contribution in [1.82, 2.24) is 4.57 Å². The molecule has 0 atom stereocenters. The maximum atomic E-state index is 14.8. The molecule has 2 aromatic heterocycles. The van der Waals surface area contributed by atoms with Crippen LogP contribution in [0.3, 0.4) is 0 Å². The highest BCUT2D eigenvalue weighted by Crippen LogP contribution is 2.27. The second kappa shape index (κ2) is 8.90. The van der Waals surface area contributed by atoms with Crippen molar-refractivity contribution in [3.63, 3.8) is 0 Å². The number of ketones is 1. The van der Waals surface area contributed by atoms with Crippen molar-refractivity contribution in [2.45, 2.75) is 10.6 Å². The SMILES string of the molecule is O=C(Cc1ccc(-n2ccc3ccc(Br)cc3c2=O)c(F)c1)CS(=O)(=O)c1ccc(Cl)s1. The Bertz CT molecular complexity index is 1530. The van der Waals surface area contributed by atoms with Gasteiger partial charge in [0.05, 0.1) is 10.0 Å². The zero-order valence-corrected chi connectivity index (χ0v) is 20.2. The van der Waals surface area contributed by atoms with Crippen LogP contribution in [0.15, 0.2) is 74.3 Å². The van der Waals surface area contributed by atoms with Crippen LogP contribution in [0.1, 0.15) is 5.56 Å². The number of sulfone groups is 1. The molecule has 0 amide bonds. The maximum absolute atomic E-state index is 14.8. The van der Waals surface area contributed by atoms with Crippen molar-refractivity contribution >= 4 is 65.3 Å². The summed E-state index contributed by atoms with van der Waals surface area (Å²) in [6, 6.07) is 13.8. The second-order valence-corrected chi connectivity index (χ2v) is 11.9. The van der Waals surface area contributed by atoms with E-state index in [1.54, 1.807) is 18.2 Å². The minimum absolute atomic E-state index is 0.0136. The van der Waals surface area contributed by atoms with Crippen molar-refractivity contribution in [2.75, 3.05) is 5.75 Å². The minimum Gasteiger partial charge on any atom is -0.298 e. The largest absolute Gasteiger partial charge is 0.298 e. The molecule has 2 heterocycles. The number of aromatic nitrogens is 1. The molecule has 0 fully saturated rings. The summed E-state index contributed by atoms with van der Waals surface area (Å²) < 4.78 is 41.8. The zero-order valence-electron chi connectivity index (χ0n) is 16.2. The van der Waals surface area contributed by atoms with Gasteiger partial charge < -0.3 is 0 Å². The number of rotatable bonds is 6. The van der Waals surface area contributed by atoms with Crippen LogP contribution in [0.2, 0.25) is 4.34 Å². The number of halogens is 3. The molecule has 0 aliphatic rings. The standard InChI is InChI=1S/C22H14BrClFNO4S2/c23-15-3-2-14-7-8-26(22(28)17(14)11-15)19-4-1-13(10-18(19)25)9-16(27)12-32(29,30)21-6-5-20(24)31-21/h1-8,10-11H,9,12H2.